The minimum atomic E-state index is -0.549. The van der Waals surface area contributed by atoms with Crippen LogP contribution in [0.25, 0.3) is 10.2 Å². The largest absolute Gasteiger partial charge is 0.308 e. The monoisotopic (exact) mass is 482 g/mol. The molecule has 0 N–H and O–H groups in total. The molecule has 0 aliphatic rings. The molecule has 0 aliphatic heterocycles. The molecule has 0 fully saturated rings. The molecular weight excluding hydrogens is 468 g/mol. The Morgan fingerprint density at radius 2 is 2.00 bits per heavy atom. The van der Waals surface area contributed by atoms with Gasteiger partial charge in [-0.25, -0.2) is 4.98 Å². The van der Waals surface area contributed by atoms with E-state index in [1.807, 2.05) is 37.2 Å². The number of anilines is 1. The van der Waals surface area contributed by atoms with E-state index in [4.69, 9.17) is 11.6 Å². The second-order valence-corrected chi connectivity index (χ2v) is 8.62. The molecule has 146 valence electrons. The van der Waals surface area contributed by atoms with Crippen LogP contribution < -0.4 is 4.90 Å². The van der Waals surface area contributed by atoms with Crippen LogP contribution in [0, 0.1) is 10.1 Å². The van der Waals surface area contributed by atoms with E-state index in [1.165, 1.54) is 34.4 Å². The van der Waals surface area contributed by atoms with Crippen molar-refractivity contribution in [1.29, 1.82) is 0 Å². The Morgan fingerprint density at radius 1 is 1.25 bits per heavy atom. The molecule has 1 heterocycles. The fourth-order valence-corrected chi connectivity index (χ4v) is 4.26. The topological polar surface area (TPSA) is 79.6 Å². The molecule has 10 heteroatoms. The zero-order valence-electron chi connectivity index (χ0n) is 15.1. The number of nitro benzene ring substituents is 1. The third-order valence-corrected chi connectivity index (χ3v) is 5.84. The predicted octanol–water partition coefficient (Wildman–Crippen LogP) is 4.83. The van der Waals surface area contributed by atoms with E-state index in [9.17, 15) is 14.9 Å². The number of halogens is 2. The van der Waals surface area contributed by atoms with Crippen molar-refractivity contribution in [3.05, 3.63) is 61.6 Å². The standard InChI is InChI=1S/C18H16BrClN4O3S/c1-22(2)7-8-23(18-21-15-6-3-11(19)9-16(15)28-18)17(25)13-10-12(24(26)27)4-5-14(13)20/h3-6,9-10H,7-8H2,1-2H3. The fourth-order valence-electron chi connectivity index (χ4n) is 2.52. The first-order valence-corrected chi connectivity index (χ1v) is 10.2. The Kier molecular flexibility index (Phi) is 6.29. The molecule has 0 bridgehead atoms. The lowest BCUT2D eigenvalue weighted by molar-refractivity contribution is -0.384. The zero-order chi connectivity index (χ0) is 20.4. The molecule has 0 saturated heterocycles. The van der Waals surface area contributed by atoms with Crippen LogP contribution >= 0.6 is 38.9 Å². The van der Waals surface area contributed by atoms with Crippen molar-refractivity contribution in [2.75, 3.05) is 32.1 Å². The van der Waals surface area contributed by atoms with Crippen molar-refractivity contribution in [2.45, 2.75) is 0 Å². The highest BCUT2D eigenvalue weighted by Gasteiger charge is 2.25. The Labute approximate surface area is 178 Å². The summed E-state index contributed by atoms with van der Waals surface area (Å²) in [6, 6.07) is 9.54. The van der Waals surface area contributed by atoms with E-state index in [1.54, 1.807) is 0 Å². The molecular formula is C18H16BrClN4O3S. The number of benzene rings is 2. The third kappa shape index (κ3) is 4.49. The van der Waals surface area contributed by atoms with Gasteiger partial charge in [-0.3, -0.25) is 19.8 Å². The number of amides is 1. The van der Waals surface area contributed by atoms with Crippen LogP contribution in [0.3, 0.4) is 0 Å². The summed E-state index contributed by atoms with van der Waals surface area (Å²) in [5, 5.41) is 11.8. The Bertz CT molecular complexity index is 1060. The number of nitrogens with zero attached hydrogens (tertiary/aromatic N) is 4. The lowest BCUT2D eigenvalue weighted by Crippen LogP contribution is -2.37. The van der Waals surface area contributed by atoms with Gasteiger partial charge in [0.25, 0.3) is 11.6 Å². The van der Waals surface area contributed by atoms with E-state index < -0.39 is 10.8 Å². The van der Waals surface area contributed by atoms with Gasteiger partial charge in [0.05, 0.1) is 25.7 Å². The highest BCUT2D eigenvalue weighted by atomic mass is 79.9. The summed E-state index contributed by atoms with van der Waals surface area (Å²) in [7, 11) is 3.80. The second kappa shape index (κ2) is 8.52. The maximum absolute atomic E-state index is 13.3. The van der Waals surface area contributed by atoms with E-state index in [-0.39, 0.29) is 16.3 Å². The summed E-state index contributed by atoms with van der Waals surface area (Å²) >= 11 is 11.0. The van der Waals surface area contributed by atoms with Gasteiger partial charge in [-0.15, -0.1) is 0 Å². The van der Waals surface area contributed by atoms with Gasteiger partial charge in [-0.05, 0) is 38.4 Å². The molecule has 0 saturated carbocycles. The van der Waals surface area contributed by atoms with E-state index in [0.717, 1.165) is 14.7 Å². The minimum Gasteiger partial charge on any atom is -0.308 e. The average Bonchev–Trinajstić information content (AvgIpc) is 3.04. The van der Waals surface area contributed by atoms with Crippen molar-refractivity contribution in [1.82, 2.24) is 9.88 Å². The number of nitro groups is 1. The van der Waals surface area contributed by atoms with Crippen LogP contribution in [0.1, 0.15) is 10.4 Å². The summed E-state index contributed by atoms with van der Waals surface area (Å²) in [4.78, 5) is 31.8. The first-order chi connectivity index (χ1) is 13.3. The van der Waals surface area contributed by atoms with Gasteiger partial charge in [-0.2, -0.15) is 0 Å². The smallest absolute Gasteiger partial charge is 0.270 e. The molecule has 0 spiro atoms. The van der Waals surface area contributed by atoms with E-state index in [2.05, 4.69) is 20.9 Å². The summed E-state index contributed by atoms with van der Waals surface area (Å²) < 4.78 is 1.85. The fraction of sp³-hybridized carbons (Fsp3) is 0.222. The Balaban J connectivity index is 2.05. The van der Waals surface area contributed by atoms with Crippen molar-refractivity contribution in [3.63, 3.8) is 0 Å². The van der Waals surface area contributed by atoms with Crippen molar-refractivity contribution in [2.24, 2.45) is 0 Å². The van der Waals surface area contributed by atoms with Crippen LogP contribution in [0.2, 0.25) is 5.02 Å². The van der Waals surface area contributed by atoms with Gasteiger partial charge in [0.1, 0.15) is 0 Å². The highest BCUT2D eigenvalue weighted by Crippen LogP contribution is 2.33. The maximum Gasteiger partial charge on any atom is 0.270 e. The molecule has 3 rings (SSSR count). The quantitative estimate of drug-likeness (QED) is 0.371. The number of non-ortho nitro benzene ring substituents is 1. The van der Waals surface area contributed by atoms with Crippen LogP contribution in [0.5, 0.6) is 0 Å². The highest BCUT2D eigenvalue weighted by molar-refractivity contribution is 9.10. The van der Waals surface area contributed by atoms with Crippen molar-refractivity contribution in [3.8, 4) is 0 Å². The first-order valence-electron chi connectivity index (χ1n) is 8.23. The van der Waals surface area contributed by atoms with Gasteiger partial charge >= 0.3 is 0 Å². The number of carbonyl (C=O) groups is 1. The summed E-state index contributed by atoms with van der Waals surface area (Å²) in [6.45, 7) is 0.962. The molecule has 0 radical (unpaired) electrons. The van der Waals surface area contributed by atoms with Crippen molar-refractivity contribution >= 4 is 65.8 Å². The summed E-state index contributed by atoms with van der Waals surface area (Å²) in [6.07, 6.45) is 0. The number of thiazole rings is 1. The maximum atomic E-state index is 13.3. The number of rotatable bonds is 6. The predicted molar refractivity (Wildman–Crippen MR) is 116 cm³/mol. The Hall–Kier alpha value is -2.07. The molecule has 28 heavy (non-hydrogen) atoms. The summed E-state index contributed by atoms with van der Waals surface area (Å²) in [5.74, 6) is -0.423. The average molecular weight is 484 g/mol. The number of carbonyl (C=O) groups excluding carboxylic acids is 1. The van der Waals surface area contributed by atoms with Crippen LogP contribution in [-0.2, 0) is 0 Å². The van der Waals surface area contributed by atoms with E-state index in [0.29, 0.717) is 18.2 Å². The molecule has 1 amide bonds. The van der Waals surface area contributed by atoms with Gasteiger partial charge < -0.3 is 4.90 Å². The molecule has 2 aromatic carbocycles. The molecule has 1 aromatic heterocycles. The number of aromatic nitrogens is 1. The molecule has 7 nitrogen and oxygen atoms in total. The van der Waals surface area contributed by atoms with Crippen molar-refractivity contribution < 1.29 is 9.72 Å². The molecule has 0 atom stereocenters. The number of hydrogen-bond acceptors (Lipinski definition) is 6. The van der Waals surface area contributed by atoms with Crippen LogP contribution in [-0.4, -0.2) is 47.9 Å². The van der Waals surface area contributed by atoms with Gasteiger partial charge in [0.15, 0.2) is 5.13 Å². The van der Waals surface area contributed by atoms with Gasteiger partial charge in [0, 0.05) is 29.7 Å². The normalized spacial score (nSPS) is 11.2. The molecule has 0 aliphatic carbocycles. The lowest BCUT2D eigenvalue weighted by atomic mass is 10.1. The summed E-state index contributed by atoms with van der Waals surface area (Å²) in [5.41, 5.74) is 0.666. The van der Waals surface area contributed by atoms with E-state index >= 15 is 0 Å². The van der Waals surface area contributed by atoms with Crippen LogP contribution in [0.4, 0.5) is 10.8 Å². The van der Waals surface area contributed by atoms with Gasteiger partial charge in [-0.1, -0.05) is 38.9 Å². The number of fused-ring (bicyclic) bond motifs is 1. The third-order valence-electron chi connectivity index (χ3n) is 3.98. The zero-order valence-corrected chi connectivity index (χ0v) is 18.2. The number of likely N-dealkylation sites (N-methyl/N-ethyl adjacent to an activating group) is 1. The number of hydrogen-bond donors (Lipinski definition) is 0. The molecule has 0 unspecified atom stereocenters. The SMILES string of the molecule is CN(C)CCN(C(=O)c1cc([N+](=O)[O-])ccc1Cl)c1nc2ccc(Br)cc2s1. The first kappa shape index (κ1) is 20.7. The lowest BCUT2D eigenvalue weighted by Gasteiger charge is -2.22. The van der Waals surface area contributed by atoms with Crippen LogP contribution in [0.15, 0.2) is 40.9 Å². The Morgan fingerprint density at radius 3 is 2.68 bits per heavy atom. The van der Waals surface area contributed by atoms with Gasteiger partial charge in [0.2, 0.25) is 0 Å². The minimum absolute atomic E-state index is 0.0788. The molecule has 3 aromatic rings. The second-order valence-electron chi connectivity index (χ2n) is 6.29.